The van der Waals surface area contributed by atoms with Gasteiger partial charge < -0.3 is 4.74 Å². The highest BCUT2D eigenvalue weighted by molar-refractivity contribution is 6.32. The van der Waals surface area contributed by atoms with E-state index in [4.69, 9.17) is 16.3 Å². The van der Waals surface area contributed by atoms with Gasteiger partial charge in [-0.2, -0.15) is 0 Å². The maximum Gasteiger partial charge on any atom is 0.333 e. The average Bonchev–Trinajstić information content (AvgIpc) is 2.36. The molecule has 18 heavy (non-hydrogen) atoms. The van der Waals surface area contributed by atoms with Crippen molar-refractivity contribution in [3.05, 3.63) is 56.2 Å². The zero-order chi connectivity index (χ0) is 13.3. The van der Waals surface area contributed by atoms with Gasteiger partial charge in [0.05, 0.1) is 11.1 Å². The molecule has 0 aliphatic heterocycles. The normalized spacial score (nSPS) is 10.4. The fourth-order valence-corrected chi connectivity index (χ4v) is 1.63. The molecule has 0 spiro atoms. The van der Waals surface area contributed by atoms with E-state index in [1.807, 2.05) is 0 Å². The summed E-state index contributed by atoms with van der Waals surface area (Å²) in [5, 5.41) is 0.408. The number of aromatic nitrogens is 2. The second kappa shape index (κ2) is 4.70. The molecule has 6 heteroatoms. The summed E-state index contributed by atoms with van der Waals surface area (Å²) in [5.74, 6) is 0.540. The summed E-state index contributed by atoms with van der Waals surface area (Å²) in [7, 11) is 2.93. The van der Waals surface area contributed by atoms with Crippen molar-refractivity contribution in [1.29, 1.82) is 0 Å². The number of benzene rings is 1. The first kappa shape index (κ1) is 12.4. The summed E-state index contributed by atoms with van der Waals surface area (Å²) in [6, 6.07) is 8.07. The van der Waals surface area contributed by atoms with Crippen LogP contribution in [0.1, 0.15) is 0 Å². The number of ether oxygens (including phenoxy) is 1. The van der Waals surface area contributed by atoms with Crippen molar-refractivity contribution in [2.45, 2.75) is 0 Å². The molecule has 0 amide bonds. The number of para-hydroxylation sites is 1. The van der Waals surface area contributed by atoms with Crippen LogP contribution in [0.25, 0.3) is 0 Å². The standard InChI is InChI=1S/C12H11ClN2O3/c1-14-10(16)7-11(15(2)12(14)17)18-9-6-4-3-5-8(9)13/h3-7H,1-2H3. The highest BCUT2D eigenvalue weighted by Crippen LogP contribution is 2.27. The van der Waals surface area contributed by atoms with Gasteiger partial charge in [0.1, 0.15) is 5.75 Å². The summed E-state index contributed by atoms with van der Waals surface area (Å²) < 4.78 is 7.71. The van der Waals surface area contributed by atoms with Crippen molar-refractivity contribution in [3.8, 4) is 11.6 Å². The molecule has 0 atom stereocenters. The molecule has 0 saturated heterocycles. The first-order valence-electron chi connectivity index (χ1n) is 5.20. The molecule has 2 aromatic rings. The Morgan fingerprint density at radius 2 is 1.78 bits per heavy atom. The van der Waals surface area contributed by atoms with Crippen LogP contribution in [0.5, 0.6) is 11.6 Å². The lowest BCUT2D eigenvalue weighted by Gasteiger charge is -2.11. The second-order valence-corrected chi connectivity index (χ2v) is 4.16. The van der Waals surface area contributed by atoms with Crippen LogP contribution in [0.3, 0.4) is 0 Å². The van der Waals surface area contributed by atoms with E-state index in [1.165, 1.54) is 24.7 Å². The molecular formula is C12H11ClN2O3. The van der Waals surface area contributed by atoms with E-state index in [-0.39, 0.29) is 5.88 Å². The maximum absolute atomic E-state index is 11.7. The molecule has 94 valence electrons. The molecule has 0 N–H and O–H groups in total. The number of nitrogens with zero attached hydrogens (tertiary/aromatic N) is 2. The van der Waals surface area contributed by atoms with Gasteiger partial charge in [-0.05, 0) is 12.1 Å². The number of rotatable bonds is 2. The molecule has 2 rings (SSSR count). The van der Waals surface area contributed by atoms with Crippen LogP contribution in [0.2, 0.25) is 5.02 Å². The van der Waals surface area contributed by atoms with Gasteiger partial charge in [0.25, 0.3) is 5.56 Å². The van der Waals surface area contributed by atoms with Crippen LogP contribution >= 0.6 is 11.6 Å². The smallest absolute Gasteiger partial charge is 0.333 e. The molecule has 0 saturated carbocycles. The van der Waals surface area contributed by atoms with Gasteiger partial charge in [0, 0.05) is 14.1 Å². The van der Waals surface area contributed by atoms with Crippen LogP contribution in [-0.4, -0.2) is 9.13 Å². The molecule has 0 bridgehead atoms. The molecule has 0 unspecified atom stereocenters. The lowest BCUT2D eigenvalue weighted by Crippen LogP contribution is -2.36. The molecule has 0 fully saturated rings. The zero-order valence-corrected chi connectivity index (χ0v) is 10.6. The molecule has 0 radical (unpaired) electrons. The van der Waals surface area contributed by atoms with Crippen molar-refractivity contribution >= 4 is 11.6 Å². The minimum absolute atomic E-state index is 0.149. The van der Waals surface area contributed by atoms with E-state index < -0.39 is 11.2 Å². The molecule has 1 aromatic carbocycles. The summed E-state index contributed by atoms with van der Waals surface area (Å²) in [6.45, 7) is 0. The van der Waals surface area contributed by atoms with Gasteiger partial charge in [-0.25, -0.2) is 4.79 Å². The van der Waals surface area contributed by atoms with E-state index in [1.54, 1.807) is 24.3 Å². The highest BCUT2D eigenvalue weighted by Gasteiger charge is 2.09. The molecular weight excluding hydrogens is 256 g/mol. The highest BCUT2D eigenvalue weighted by atomic mass is 35.5. The minimum Gasteiger partial charge on any atom is -0.439 e. The molecule has 1 aromatic heterocycles. The summed E-state index contributed by atoms with van der Waals surface area (Å²) in [5.41, 5.74) is -0.885. The lowest BCUT2D eigenvalue weighted by atomic mass is 10.3. The van der Waals surface area contributed by atoms with Gasteiger partial charge in [0.2, 0.25) is 5.88 Å². The Bertz CT molecular complexity index is 703. The number of hydrogen-bond acceptors (Lipinski definition) is 3. The third-order valence-corrected chi connectivity index (χ3v) is 2.85. The Hall–Kier alpha value is -2.01. The first-order chi connectivity index (χ1) is 8.50. The fourth-order valence-electron chi connectivity index (χ4n) is 1.45. The van der Waals surface area contributed by atoms with Crippen LogP contribution in [0.4, 0.5) is 0 Å². The third-order valence-electron chi connectivity index (χ3n) is 2.53. The molecule has 0 aliphatic carbocycles. The largest absolute Gasteiger partial charge is 0.439 e. The predicted octanol–water partition coefficient (Wildman–Crippen LogP) is 1.53. The monoisotopic (exact) mass is 266 g/mol. The van der Waals surface area contributed by atoms with Crippen LogP contribution in [0.15, 0.2) is 39.9 Å². The summed E-state index contributed by atoms with van der Waals surface area (Å²) in [4.78, 5) is 23.2. The van der Waals surface area contributed by atoms with E-state index in [0.29, 0.717) is 10.8 Å². The van der Waals surface area contributed by atoms with Crippen molar-refractivity contribution in [1.82, 2.24) is 9.13 Å². The van der Waals surface area contributed by atoms with Gasteiger partial charge in [-0.3, -0.25) is 13.9 Å². The van der Waals surface area contributed by atoms with Gasteiger partial charge >= 0.3 is 5.69 Å². The zero-order valence-electron chi connectivity index (χ0n) is 9.88. The Morgan fingerprint density at radius 1 is 1.11 bits per heavy atom. The van der Waals surface area contributed by atoms with Gasteiger partial charge in [0.15, 0.2) is 0 Å². The van der Waals surface area contributed by atoms with Gasteiger partial charge in [-0.1, -0.05) is 23.7 Å². The first-order valence-corrected chi connectivity index (χ1v) is 5.58. The van der Waals surface area contributed by atoms with Crippen molar-refractivity contribution < 1.29 is 4.74 Å². The summed E-state index contributed by atoms with van der Waals surface area (Å²) in [6.07, 6.45) is 0. The average molecular weight is 267 g/mol. The Kier molecular flexibility index (Phi) is 3.25. The van der Waals surface area contributed by atoms with E-state index in [9.17, 15) is 9.59 Å². The Balaban J connectivity index is 2.52. The quantitative estimate of drug-likeness (QED) is 0.828. The number of hydrogen-bond donors (Lipinski definition) is 0. The topological polar surface area (TPSA) is 53.2 Å². The fraction of sp³-hybridized carbons (Fsp3) is 0.167. The van der Waals surface area contributed by atoms with Crippen LogP contribution in [0, 0.1) is 0 Å². The predicted molar refractivity (Wildman–Crippen MR) is 68.5 cm³/mol. The van der Waals surface area contributed by atoms with Crippen molar-refractivity contribution in [3.63, 3.8) is 0 Å². The maximum atomic E-state index is 11.7. The molecule has 1 heterocycles. The summed E-state index contributed by atoms with van der Waals surface area (Å²) >= 11 is 5.94. The SMILES string of the molecule is Cn1c(Oc2ccccc2Cl)cc(=O)n(C)c1=O. The Morgan fingerprint density at radius 3 is 2.44 bits per heavy atom. The Labute approximate surface area is 108 Å². The lowest BCUT2D eigenvalue weighted by molar-refractivity contribution is 0.423. The van der Waals surface area contributed by atoms with E-state index in [0.717, 1.165) is 4.57 Å². The van der Waals surface area contributed by atoms with Crippen molar-refractivity contribution in [2.75, 3.05) is 0 Å². The van der Waals surface area contributed by atoms with E-state index in [2.05, 4.69) is 0 Å². The molecule has 5 nitrogen and oxygen atoms in total. The van der Waals surface area contributed by atoms with E-state index >= 15 is 0 Å². The van der Waals surface area contributed by atoms with Crippen molar-refractivity contribution in [2.24, 2.45) is 14.1 Å². The second-order valence-electron chi connectivity index (χ2n) is 3.75. The number of halogens is 1. The molecule has 0 aliphatic rings. The van der Waals surface area contributed by atoms with Crippen LogP contribution < -0.4 is 16.0 Å². The minimum atomic E-state index is -0.454. The van der Waals surface area contributed by atoms with Crippen LogP contribution in [-0.2, 0) is 14.1 Å². The van der Waals surface area contributed by atoms with Gasteiger partial charge in [-0.15, -0.1) is 0 Å². The third kappa shape index (κ3) is 2.17.